The molecule has 0 saturated carbocycles. The first kappa shape index (κ1) is 29.4. The molecule has 4 aromatic rings. The number of hydrogen-bond donors (Lipinski definition) is 1. The van der Waals surface area contributed by atoms with Gasteiger partial charge in [0.2, 0.25) is 5.91 Å². The van der Waals surface area contributed by atoms with E-state index in [1.165, 1.54) is 10.8 Å². The Labute approximate surface area is 253 Å². The van der Waals surface area contributed by atoms with E-state index in [2.05, 4.69) is 51.0 Å². The number of aromatic nitrogens is 2. The van der Waals surface area contributed by atoms with E-state index in [0.29, 0.717) is 40.8 Å². The molecule has 0 radical (unpaired) electrons. The minimum Gasteiger partial charge on any atom is -0.379 e. The molecule has 1 aliphatic heterocycles. The summed E-state index contributed by atoms with van der Waals surface area (Å²) < 4.78 is 10.3. The summed E-state index contributed by atoms with van der Waals surface area (Å²) in [4.78, 5) is 34.8. The van der Waals surface area contributed by atoms with Gasteiger partial charge in [0.25, 0.3) is 5.56 Å². The minimum atomic E-state index is -0.385. The van der Waals surface area contributed by atoms with E-state index in [0.717, 1.165) is 35.5 Å². The van der Waals surface area contributed by atoms with Gasteiger partial charge in [-0.1, -0.05) is 77.6 Å². The number of rotatable bonds is 9. The fourth-order valence-corrected chi connectivity index (χ4v) is 5.75. The zero-order valence-electron chi connectivity index (χ0n) is 22.8. The van der Waals surface area contributed by atoms with Crippen LogP contribution in [-0.4, -0.2) is 71.4 Å². The summed E-state index contributed by atoms with van der Waals surface area (Å²) in [5.41, 5.74) is 4.80. The van der Waals surface area contributed by atoms with Crippen molar-refractivity contribution in [2.75, 3.05) is 50.9 Å². The lowest BCUT2D eigenvalue weighted by Crippen LogP contribution is -2.45. The number of nitrogens with one attached hydrogen (secondary N) is 1. The molecule has 1 atom stereocenters. The quantitative estimate of drug-likeness (QED) is 0.247. The number of anilines is 1. The average molecular weight is 613 g/mol. The number of carbonyl (C=O) groups is 1. The molecule has 2 heterocycles. The molecule has 1 aromatic heterocycles. The second kappa shape index (κ2) is 13.3. The number of carbonyl (C=O) groups excluding carboxylic acids is 1. The number of morpholine rings is 1. The third-order valence-corrected chi connectivity index (χ3v) is 8.47. The number of ether oxygens (including phenoxy) is 1. The zero-order chi connectivity index (χ0) is 28.9. The molecule has 8 nitrogen and oxygen atoms in total. The van der Waals surface area contributed by atoms with Gasteiger partial charge >= 0.3 is 0 Å². The number of benzene rings is 3. The SMILES string of the molecule is CSNc1ccccc1-c1ccc(C(CN2CCOCC2)N(C)C(=O)Cn2c(=O)cnc3cc(Cl)c(Cl)cc32)cc1. The first-order valence-electron chi connectivity index (χ1n) is 13.2. The van der Waals surface area contributed by atoms with Crippen molar-refractivity contribution < 1.29 is 9.53 Å². The van der Waals surface area contributed by atoms with Gasteiger partial charge in [0, 0.05) is 38.5 Å². The van der Waals surface area contributed by atoms with Crippen LogP contribution in [0.1, 0.15) is 11.6 Å². The summed E-state index contributed by atoms with van der Waals surface area (Å²) in [6.07, 6.45) is 3.20. The summed E-state index contributed by atoms with van der Waals surface area (Å²) in [7, 11) is 1.79. The first-order chi connectivity index (χ1) is 19.9. The summed E-state index contributed by atoms with van der Waals surface area (Å²) >= 11 is 14.0. The second-order valence-corrected chi connectivity index (χ2v) is 11.3. The molecule has 0 aliphatic carbocycles. The van der Waals surface area contributed by atoms with E-state index in [9.17, 15) is 9.59 Å². The van der Waals surface area contributed by atoms with Crippen molar-refractivity contribution in [1.29, 1.82) is 0 Å². The molecule has 1 amide bonds. The molecule has 41 heavy (non-hydrogen) atoms. The number of likely N-dealkylation sites (N-methyl/N-ethyl adjacent to an activating group) is 1. The predicted octanol–water partition coefficient (Wildman–Crippen LogP) is 5.59. The Hall–Kier alpha value is -3.08. The van der Waals surface area contributed by atoms with Crippen molar-refractivity contribution in [1.82, 2.24) is 19.4 Å². The predicted molar refractivity (Wildman–Crippen MR) is 168 cm³/mol. The van der Waals surface area contributed by atoms with Gasteiger partial charge in [-0.05, 0) is 29.3 Å². The van der Waals surface area contributed by atoms with Gasteiger partial charge in [0.05, 0.1) is 52.2 Å². The van der Waals surface area contributed by atoms with E-state index >= 15 is 0 Å². The monoisotopic (exact) mass is 611 g/mol. The Morgan fingerprint density at radius 2 is 1.80 bits per heavy atom. The molecule has 1 fully saturated rings. The number of para-hydroxylation sites is 1. The number of hydrogen-bond acceptors (Lipinski definition) is 7. The van der Waals surface area contributed by atoms with Crippen LogP contribution < -0.4 is 10.3 Å². The standard InChI is InChI=1S/C30H31Cl2N5O3S/c1-35(30(39)19-37-27-16-24(32)23(31)15-26(27)33-17-29(37)38)28(18-36-11-13-40-14-12-36)21-9-7-20(8-10-21)22-5-3-4-6-25(22)34-41-2/h3-10,15-17,28,34H,11-14,18-19H2,1-2H3. The van der Waals surface area contributed by atoms with Crippen LogP contribution in [0.5, 0.6) is 0 Å². The van der Waals surface area contributed by atoms with Gasteiger partial charge < -0.3 is 14.4 Å². The molecule has 0 bridgehead atoms. The lowest BCUT2D eigenvalue weighted by atomic mass is 9.98. The second-order valence-electron chi connectivity index (χ2n) is 9.84. The van der Waals surface area contributed by atoms with Gasteiger partial charge in [-0.15, -0.1) is 0 Å². The zero-order valence-corrected chi connectivity index (χ0v) is 25.2. The number of halogens is 2. The van der Waals surface area contributed by atoms with E-state index in [-0.39, 0.29) is 24.1 Å². The number of amides is 1. The number of nitrogens with zero attached hydrogens (tertiary/aromatic N) is 4. The van der Waals surface area contributed by atoms with Gasteiger partial charge in [-0.25, -0.2) is 4.98 Å². The third-order valence-electron chi connectivity index (χ3n) is 7.32. The van der Waals surface area contributed by atoms with Crippen LogP contribution in [0.4, 0.5) is 5.69 Å². The topological polar surface area (TPSA) is 79.7 Å². The van der Waals surface area contributed by atoms with Crippen molar-refractivity contribution >= 4 is 57.8 Å². The Bertz CT molecular complexity index is 1590. The Balaban J connectivity index is 1.45. The van der Waals surface area contributed by atoms with E-state index < -0.39 is 0 Å². The molecule has 11 heteroatoms. The van der Waals surface area contributed by atoms with E-state index in [4.69, 9.17) is 27.9 Å². The van der Waals surface area contributed by atoms with Crippen LogP contribution in [0, 0.1) is 0 Å². The van der Waals surface area contributed by atoms with Gasteiger partial charge in [0.15, 0.2) is 0 Å². The summed E-state index contributed by atoms with van der Waals surface area (Å²) in [6, 6.07) is 19.4. The third kappa shape index (κ3) is 6.71. The van der Waals surface area contributed by atoms with Crippen LogP contribution >= 0.6 is 35.1 Å². The molecule has 3 aromatic carbocycles. The summed E-state index contributed by atoms with van der Waals surface area (Å²) in [6.45, 7) is 3.38. The van der Waals surface area contributed by atoms with Gasteiger partial charge in [0.1, 0.15) is 6.54 Å². The highest BCUT2D eigenvalue weighted by Crippen LogP contribution is 2.32. The summed E-state index contributed by atoms with van der Waals surface area (Å²) in [5.74, 6) is -0.206. The molecule has 1 unspecified atom stereocenters. The smallest absolute Gasteiger partial charge is 0.269 e. The normalized spacial score (nSPS) is 14.6. The Kier molecular flexibility index (Phi) is 9.52. The fraction of sp³-hybridized carbons (Fsp3) is 0.300. The largest absolute Gasteiger partial charge is 0.379 e. The van der Waals surface area contributed by atoms with Crippen LogP contribution in [0.15, 0.2) is 71.7 Å². The molecule has 1 aliphatic rings. The highest BCUT2D eigenvalue weighted by molar-refractivity contribution is 7.99. The van der Waals surface area contributed by atoms with Gasteiger partial charge in [-0.3, -0.25) is 19.1 Å². The lowest BCUT2D eigenvalue weighted by Gasteiger charge is -2.35. The van der Waals surface area contributed by atoms with Crippen molar-refractivity contribution in [3.8, 4) is 11.1 Å². The van der Waals surface area contributed by atoms with Crippen molar-refractivity contribution in [2.45, 2.75) is 12.6 Å². The molecular formula is C30H31Cl2N5O3S. The highest BCUT2D eigenvalue weighted by Gasteiger charge is 2.26. The number of fused-ring (bicyclic) bond motifs is 1. The molecule has 214 valence electrons. The lowest BCUT2D eigenvalue weighted by molar-refractivity contribution is -0.133. The minimum absolute atomic E-state index is 0.155. The Morgan fingerprint density at radius 1 is 1.10 bits per heavy atom. The maximum Gasteiger partial charge on any atom is 0.269 e. The van der Waals surface area contributed by atoms with Crippen LogP contribution in [0.25, 0.3) is 22.2 Å². The van der Waals surface area contributed by atoms with Crippen LogP contribution in [0.2, 0.25) is 10.0 Å². The van der Waals surface area contributed by atoms with Crippen molar-refractivity contribution in [3.63, 3.8) is 0 Å². The first-order valence-corrected chi connectivity index (χ1v) is 15.2. The molecule has 1 saturated heterocycles. The summed E-state index contributed by atoms with van der Waals surface area (Å²) in [5, 5.41) is 0.627. The van der Waals surface area contributed by atoms with Crippen LogP contribution in [-0.2, 0) is 16.1 Å². The van der Waals surface area contributed by atoms with Crippen molar-refractivity contribution in [2.24, 2.45) is 0 Å². The Morgan fingerprint density at radius 3 is 2.54 bits per heavy atom. The maximum atomic E-state index is 13.8. The molecule has 1 N–H and O–H groups in total. The van der Waals surface area contributed by atoms with E-state index in [1.807, 2.05) is 18.4 Å². The maximum absolute atomic E-state index is 13.8. The van der Waals surface area contributed by atoms with Gasteiger partial charge in [-0.2, -0.15) is 0 Å². The van der Waals surface area contributed by atoms with E-state index in [1.54, 1.807) is 36.0 Å². The molecular weight excluding hydrogens is 581 g/mol. The average Bonchev–Trinajstić information content (AvgIpc) is 2.99. The highest BCUT2D eigenvalue weighted by atomic mass is 35.5. The molecule has 5 rings (SSSR count). The van der Waals surface area contributed by atoms with Crippen molar-refractivity contribution in [3.05, 3.63) is 92.8 Å². The van der Waals surface area contributed by atoms with Crippen LogP contribution in [0.3, 0.4) is 0 Å². The fourth-order valence-electron chi connectivity index (χ4n) is 5.04. The molecule has 0 spiro atoms.